The zero-order valence-electron chi connectivity index (χ0n) is 18.2. The van der Waals surface area contributed by atoms with E-state index in [1.807, 2.05) is 11.8 Å². The van der Waals surface area contributed by atoms with Gasteiger partial charge in [0, 0.05) is 12.4 Å². The van der Waals surface area contributed by atoms with Crippen molar-refractivity contribution in [1.82, 2.24) is 0 Å². The van der Waals surface area contributed by atoms with Crippen LogP contribution in [-0.2, 0) is 19.0 Å². The molecule has 0 bridgehead atoms. The van der Waals surface area contributed by atoms with Gasteiger partial charge in [0.15, 0.2) is 6.29 Å². The minimum Gasteiger partial charge on any atom is -0.469 e. The van der Waals surface area contributed by atoms with E-state index >= 15 is 0 Å². The summed E-state index contributed by atoms with van der Waals surface area (Å²) >= 11 is 1.85. The Morgan fingerprint density at radius 3 is 2.54 bits per heavy atom. The maximum Gasteiger partial charge on any atom is 0.306 e. The van der Waals surface area contributed by atoms with Crippen LogP contribution in [0, 0.1) is 0 Å². The van der Waals surface area contributed by atoms with Gasteiger partial charge < -0.3 is 14.2 Å². The average molecular weight is 415 g/mol. The van der Waals surface area contributed by atoms with E-state index in [1.165, 1.54) is 71.3 Å². The van der Waals surface area contributed by atoms with Crippen molar-refractivity contribution < 1.29 is 19.0 Å². The fourth-order valence-electron chi connectivity index (χ4n) is 3.25. The van der Waals surface area contributed by atoms with Gasteiger partial charge in [0.2, 0.25) is 0 Å². The number of carbonyl (C=O) groups is 1. The summed E-state index contributed by atoms with van der Waals surface area (Å²) in [6.07, 6.45) is 20.2. The predicted octanol–water partition coefficient (Wildman–Crippen LogP) is 6.28. The molecule has 2 atom stereocenters. The molecule has 0 N–H and O–H groups in total. The number of hydrogen-bond acceptors (Lipinski definition) is 5. The molecular weight excluding hydrogens is 372 g/mol. The highest BCUT2D eigenvalue weighted by atomic mass is 32.2. The molecule has 0 aromatic heterocycles. The Morgan fingerprint density at radius 2 is 1.82 bits per heavy atom. The summed E-state index contributed by atoms with van der Waals surface area (Å²) in [5.74, 6) is 1.91. The van der Waals surface area contributed by atoms with Gasteiger partial charge in [-0.1, -0.05) is 31.4 Å². The first-order valence-corrected chi connectivity index (χ1v) is 12.4. The minimum absolute atomic E-state index is 0.0485. The largest absolute Gasteiger partial charge is 0.469 e. The first kappa shape index (κ1) is 25.5. The van der Waals surface area contributed by atoms with E-state index in [1.54, 1.807) is 0 Å². The molecule has 0 amide bonds. The predicted molar refractivity (Wildman–Crippen MR) is 119 cm³/mol. The Balaban J connectivity index is 1.78. The maximum absolute atomic E-state index is 11.0. The van der Waals surface area contributed by atoms with E-state index in [2.05, 4.69) is 23.8 Å². The normalized spacial score (nSPS) is 18.4. The molecule has 1 rings (SSSR count). The average Bonchev–Trinajstić information content (AvgIpc) is 2.71. The highest BCUT2D eigenvalue weighted by Crippen LogP contribution is 2.18. The minimum atomic E-state index is -0.104. The van der Waals surface area contributed by atoms with E-state index in [9.17, 15) is 4.79 Å². The van der Waals surface area contributed by atoms with Crippen LogP contribution in [0.25, 0.3) is 0 Å². The van der Waals surface area contributed by atoms with Gasteiger partial charge in [-0.2, -0.15) is 11.8 Å². The number of esters is 1. The highest BCUT2D eigenvalue weighted by molar-refractivity contribution is 7.99. The van der Waals surface area contributed by atoms with E-state index in [0.717, 1.165) is 31.0 Å². The fourth-order valence-corrected chi connectivity index (χ4v) is 4.18. The molecule has 0 spiro atoms. The smallest absolute Gasteiger partial charge is 0.306 e. The highest BCUT2D eigenvalue weighted by Gasteiger charge is 2.16. The molecule has 1 saturated heterocycles. The molecule has 1 aliphatic rings. The van der Waals surface area contributed by atoms with Gasteiger partial charge in [-0.05, 0) is 70.5 Å². The molecule has 164 valence electrons. The van der Waals surface area contributed by atoms with Gasteiger partial charge in [0.05, 0.1) is 19.6 Å². The lowest BCUT2D eigenvalue weighted by Gasteiger charge is -2.26. The van der Waals surface area contributed by atoms with Crippen molar-refractivity contribution >= 4 is 17.7 Å². The third-order valence-electron chi connectivity index (χ3n) is 5.01. The third kappa shape index (κ3) is 15.4. The zero-order chi connectivity index (χ0) is 20.3. The van der Waals surface area contributed by atoms with Gasteiger partial charge in [0.25, 0.3) is 0 Å². The van der Waals surface area contributed by atoms with Crippen molar-refractivity contribution in [2.45, 2.75) is 103 Å². The number of allylic oxidation sites excluding steroid dienone is 2. The van der Waals surface area contributed by atoms with Crippen molar-refractivity contribution in [3.8, 4) is 0 Å². The number of unbranched alkanes of at least 4 members (excludes halogenated alkanes) is 6. The van der Waals surface area contributed by atoms with Crippen LogP contribution >= 0.6 is 11.8 Å². The second-order valence-corrected chi connectivity index (χ2v) is 8.86. The van der Waals surface area contributed by atoms with Gasteiger partial charge in [0.1, 0.15) is 0 Å². The Labute approximate surface area is 177 Å². The van der Waals surface area contributed by atoms with Crippen LogP contribution in [0.1, 0.15) is 90.4 Å². The maximum atomic E-state index is 11.0. The Hall–Kier alpha value is -0.520. The van der Waals surface area contributed by atoms with E-state index in [0.29, 0.717) is 12.5 Å². The van der Waals surface area contributed by atoms with Crippen LogP contribution in [0.3, 0.4) is 0 Å². The second kappa shape index (κ2) is 18.5. The Kier molecular flexibility index (Phi) is 16.9. The third-order valence-corrected chi connectivity index (χ3v) is 6.08. The summed E-state index contributed by atoms with van der Waals surface area (Å²) in [7, 11) is 1.45. The molecule has 0 aromatic carbocycles. The monoisotopic (exact) mass is 414 g/mol. The van der Waals surface area contributed by atoms with Crippen molar-refractivity contribution in [1.29, 1.82) is 0 Å². The standard InChI is InChI=1S/C23H42O4S/c1-21(27-23-16-12-13-18-26-23)15-11-9-7-5-3-4-6-8-10-14-19-28-20-17-22(24)25-2/h4,6,21,23H,3,5,7-20H2,1-2H3/b6-4-. The molecule has 0 aromatic rings. The molecule has 5 heteroatoms. The van der Waals surface area contributed by atoms with Crippen LogP contribution in [-0.4, -0.2) is 43.6 Å². The van der Waals surface area contributed by atoms with Crippen molar-refractivity contribution in [3.63, 3.8) is 0 Å². The van der Waals surface area contributed by atoms with E-state index in [4.69, 9.17) is 9.47 Å². The SMILES string of the molecule is COC(=O)CCSCCCC/C=C\CCCCCCC(C)OC1CCCCO1. The molecule has 1 heterocycles. The molecule has 4 nitrogen and oxygen atoms in total. The second-order valence-electron chi connectivity index (χ2n) is 7.64. The molecule has 2 unspecified atom stereocenters. The Bertz CT molecular complexity index is 394. The van der Waals surface area contributed by atoms with Crippen molar-refractivity contribution in [2.24, 2.45) is 0 Å². The number of rotatable bonds is 17. The molecule has 0 saturated carbocycles. The number of carbonyl (C=O) groups excluding carboxylic acids is 1. The summed E-state index contributed by atoms with van der Waals surface area (Å²) < 4.78 is 16.2. The topological polar surface area (TPSA) is 44.8 Å². The van der Waals surface area contributed by atoms with Crippen molar-refractivity contribution in [2.75, 3.05) is 25.2 Å². The summed E-state index contributed by atoms with van der Waals surface area (Å²) in [6.45, 7) is 3.04. The number of thioether (sulfide) groups is 1. The van der Waals surface area contributed by atoms with Crippen LogP contribution < -0.4 is 0 Å². The first-order valence-electron chi connectivity index (χ1n) is 11.3. The quantitative estimate of drug-likeness (QED) is 0.159. The van der Waals surface area contributed by atoms with Crippen molar-refractivity contribution in [3.05, 3.63) is 12.2 Å². The molecule has 1 aliphatic heterocycles. The molecule has 28 heavy (non-hydrogen) atoms. The van der Waals surface area contributed by atoms with Gasteiger partial charge in [-0.3, -0.25) is 4.79 Å². The van der Waals surface area contributed by atoms with Crippen LogP contribution in [0.4, 0.5) is 0 Å². The number of ether oxygens (including phenoxy) is 3. The first-order chi connectivity index (χ1) is 13.7. The van der Waals surface area contributed by atoms with Gasteiger partial charge in [-0.25, -0.2) is 0 Å². The lowest BCUT2D eigenvalue weighted by Crippen LogP contribution is -2.26. The summed E-state index contributed by atoms with van der Waals surface area (Å²) in [5.41, 5.74) is 0. The molecule has 0 aliphatic carbocycles. The number of hydrogen-bond donors (Lipinski definition) is 0. The Morgan fingerprint density at radius 1 is 1.07 bits per heavy atom. The molecular formula is C23H42O4S. The summed E-state index contributed by atoms with van der Waals surface area (Å²) in [4.78, 5) is 11.0. The van der Waals surface area contributed by atoms with Gasteiger partial charge >= 0.3 is 5.97 Å². The molecule has 1 fully saturated rings. The van der Waals surface area contributed by atoms with Crippen LogP contribution in [0.2, 0.25) is 0 Å². The summed E-state index contributed by atoms with van der Waals surface area (Å²) in [5, 5.41) is 0. The number of methoxy groups -OCH3 is 1. The molecule has 0 radical (unpaired) electrons. The zero-order valence-corrected chi connectivity index (χ0v) is 19.0. The summed E-state index contributed by atoms with van der Waals surface area (Å²) in [6, 6.07) is 0. The van der Waals surface area contributed by atoms with E-state index in [-0.39, 0.29) is 12.3 Å². The lowest BCUT2D eigenvalue weighted by atomic mass is 10.1. The van der Waals surface area contributed by atoms with E-state index < -0.39 is 0 Å². The lowest BCUT2D eigenvalue weighted by molar-refractivity contribution is -0.185. The fraction of sp³-hybridized carbons (Fsp3) is 0.870. The van der Waals surface area contributed by atoms with Gasteiger partial charge in [-0.15, -0.1) is 0 Å². The van der Waals surface area contributed by atoms with Crippen LogP contribution in [0.5, 0.6) is 0 Å². The van der Waals surface area contributed by atoms with Crippen LogP contribution in [0.15, 0.2) is 12.2 Å².